The van der Waals surface area contributed by atoms with Crippen molar-refractivity contribution in [3.63, 3.8) is 0 Å². The van der Waals surface area contributed by atoms with E-state index in [2.05, 4.69) is 31.0 Å². The summed E-state index contributed by atoms with van der Waals surface area (Å²) in [5.74, 6) is 1.98. The summed E-state index contributed by atoms with van der Waals surface area (Å²) < 4.78 is 0. The highest BCUT2D eigenvalue weighted by Crippen LogP contribution is 2.08. The molecule has 1 aliphatic rings. The topological polar surface area (TPSA) is 35.6 Å². The van der Waals surface area contributed by atoms with E-state index in [1.54, 1.807) is 11.8 Å². The fourth-order valence-electron chi connectivity index (χ4n) is 2.19. The zero-order valence-corrected chi connectivity index (χ0v) is 12.8. The molecule has 0 saturated carbocycles. The van der Waals surface area contributed by atoms with Crippen molar-refractivity contribution in [3.8, 4) is 0 Å². The second-order valence-electron chi connectivity index (χ2n) is 4.72. The summed E-state index contributed by atoms with van der Waals surface area (Å²) in [4.78, 5) is 16.5. The van der Waals surface area contributed by atoms with E-state index in [9.17, 15) is 4.79 Å². The molecular formula is C13H27N3OS. The van der Waals surface area contributed by atoms with Gasteiger partial charge in [-0.2, -0.15) is 11.8 Å². The molecule has 1 saturated heterocycles. The van der Waals surface area contributed by atoms with E-state index < -0.39 is 0 Å². The molecule has 18 heavy (non-hydrogen) atoms. The summed E-state index contributed by atoms with van der Waals surface area (Å²) in [6.45, 7) is 12.5. The Morgan fingerprint density at radius 3 is 2.78 bits per heavy atom. The first-order valence-corrected chi connectivity index (χ1v) is 8.14. The standard InChI is InChI=1S/C13H27N3OS/c1-4-15(5-2)8-9-18-11-13(17)16-7-6-14-10-12(16)3/h12,14H,4-11H2,1-3H3. The minimum absolute atomic E-state index is 0.300. The van der Waals surface area contributed by atoms with E-state index in [-0.39, 0.29) is 0 Å². The second kappa shape index (κ2) is 8.77. The molecular weight excluding hydrogens is 246 g/mol. The van der Waals surface area contributed by atoms with Crippen molar-refractivity contribution in [1.29, 1.82) is 0 Å². The molecule has 1 atom stereocenters. The maximum atomic E-state index is 12.1. The first-order valence-electron chi connectivity index (χ1n) is 6.99. The number of amides is 1. The SMILES string of the molecule is CCN(CC)CCSCC(=O)N1CCNCC1C. The predicted octanol–water partition coefficient (Wildman–Crippen LogP) is 0.882. The summed E-state index contributed by atoms with van der Waals surface area (Å²) in [6.07, 6.45) is 0. The van der Waals surface area contributed by atoms with Crippen LogP contribution in [0.3, 0.4) is 0 Å². The maximum absolute atomic E-state index is 12.1. The van der Waals surface area contributed by atoms with E-state index in [0.717, 1.165) is 45.0 Å². The summed E-state index contributed by atoms with van der Waals surface area (Å²) in [7, 11) is 0. The fourth-order valence-corrected chi connectivity index (χ4v) is 3.06. The zero-order chi connectivity index (χ0) is 13.4. The molecule has 1 N–H and O–H groups in total. The third kappa shape index (κ3) is 5.16. The van der Waals surface area contributed by atoms with Crippen molar-refractivity contribution in [1.82, 2.24) is 15.1 Å². The first-order chi connectivity index (χ1) is 8.69. The molecule has 0 spiro atoms. The number of nitrogens with one attached hydrogen (secondary N) is 1. The largest absolute Gasteiger partial charge is 0.337 e. The van der Waals surface area contributed by atoms with Crippen molar-refractivity contribution in [2.24, 2.45) is 0 Å². The van der Waals surface area contributed by atoms with Crippen LogP contribution in [0.25, 0.3) is 0 Å². The molecule has 0 aromatic carbocycles. The van der Waals surface area contributed by atoms with Gasteiger partial charge in [-0.3, -0.25) is 4.79 Å². The van der Waals surface area contributed by atoms with Gasteiger partial charge in [0, 0.05) is 38.0 Å². The summed E-state index contributed by atoms with van der Waals surface area (Å²) >= 11 is 1.76. The number of carbonyl (C=O) groups is 1. The number of rotatable bonds is 7. The van der Waals surface area contributed by atoms with Gasteiger partial charge in [-0.05, 0) is 20.0 Å². The highest BCUT2D eigenvalue weighted by atomic mass is 32.2. The number of hydrogen-bond donors (Lipinski definition) is 1. The lowest BCUT2D eigenvalue weighted by Crippen LogP contribution is -2.52. The van der Waals surface area contributed by atoms with Crippen LogP contribution in [0.1, 0.15) is 20.8 Å². The Morgan fingerprint density at radius 1 is 1.44 bits per heavy atom. The van der Waals surface area contributed by atoms with Crippen LogP contribution in [0.2, 0.25) is 0 Å². The molecule has 0 aliphatic carbocycles. The number of hydrogen-bond acceptors (Lipinski definition) is 4. The molecule has 1 rings (SSSR count). The Bertz CT molecular complexity index is 246. The monoisotopic (exact) mass is 273 g/mol. The minimum atomic E-state index is 0.300. The number of piperazine rings is 1. The van der Waals surface area contributed by atoms with Crippen LogP contribution >= 0.6 is 11.8 Å². The Morgan fingerprint density at radius 2 is 2.17 bits per heavy atom. The van der Waals surface area contributed by atoms with Gasteiger partial charge in [0.15, 0.2) is 0 Å². The smallest absolute Gasteiger partial charge is 0.232 e. The van der Waals surface area contributed by atoms with Crippen LogP contribution in [-0.4, -0.2) is 72.5 Å². The van der Waals surface area contributed by atoms with Gasteiger partial charge in [0.05, 0.1) is 5.75 Å². The molecule has 106 valence electrons. The Balaban J connectivity index is 2.16. The molecule has 1 aliphatic heterocycles. The molecule has 0 aromatic rings. The summed E-state index contributed by atoms with van der Waals surface area (Å²) in [5, 5.41) is 3.31. The van der Waals surface area contributed by atoms with E-state index in [0.29, 0.717) is 17.7 Å². The molecule has 1 unspecified atom stereocenters. The maximum Gasteiger partial charge on any atom is 0.232 e. The van der Waals surface area contributed by atoms with Crippen LogP contribution in [0.4, 0.5) is 0 Å². The van der Waals surface area contributed by atoms with Crippen molar-refractivity contribution < 1.29 is 4.79 Å². The van der Waals surface area contributed by atoms with Crippen molar-refractivity contribution in [2.75, 3.05) is 50.8 Å². The Kier molecular flexibility index (Phi) is 7.70. The van der Waals surface area contributed by atoms with Crippen LogP contribution in [0.5, 0.6) is 0 Å². The molecule has 1 heterocycles. The zero-order valence-electron chi connectivity index (χ0n) is 11.9. The number of nitrogens with zero attached hydrogens (tertiary/aromatic N) is 2. The number of carbonyl (C=O) groups excluding carboxylic acids is 1. The lowest BCUT2D eigenvalue weighted by atomic mass is 10.2. The van der Waals surface area contributed by atoms with Gasteiger partial charge in [-0.25, -0.2) is 0 Å². The fraction of sp³-hybridized carbons (Fsp3) is 0.923. The third-order valence-electron chi connectivity index (χ3n) is 3.49. The average Bonchev–Trinajstić information content (AvgIpc) is 2.39. The Labute approximate surface area is 115 Å². The van der Waals surface area contributed by atoms with Crippen LogP contribution in [-0.2, 0) is 4.79 Å². The van der Waals surface area contributed by atoms with Crippen LogP contribution < -0.4 is 5.32 Å². The highest BCUT2D eigenvalue weighted by Gasteiger charge is 2.22. The molecule has 5 heteroatoms. The summed E-state index contributed by atoms with van der Waals surface area (Å²) in [6, 6.07) is 0.342. The van der Waals surface area contributed by atoms with Crippen LogP contribution in [0, 0.1) is 0 Å². The molecule has 0 bridgehead atoms. The second-order valence-corrected chi connectivity index (χ2v) is 5.82. The van der Waals surface area contributed by atoms with Gasteiger partial charge in [0.2, 0.25) is 5.91 Å². The van der Waals surface area contributed by atoms with E-state index in [1.807, 2.05) is 4.90 Å². The van der Waals surface area contributed by atoms with E-state index in [4.69, 9.17) is 0 Å². The third-order valence-corrected chi connectivity index (χ3v) is 4.42. The minimum Gasteiger partial charge on any atom is -0.337 e. The first kappa shape index (κ1) is 15.8. The predicted molar refractivity (Wildman–Crippen MR) is 79.2 cm³/mol. The van der Waals surface area contributed by atoms with Gasteiger partial charge in [-0.1, -0.05) is 13.8 Å². The lowest BCUT2D eigenvalue weighted by molar-refractivity contribution is -0.131. The quantitative estimate of drug-likeness (QED) is 0.699. The molecule has 0 aromatic heterocycles. The van der Waals surface area contributed by atoms with Crippen molar-refractivity contribution >= 4 is 17.7 Å². The molecule has 4 nitrogen and oxygen atoms in total. The number of thioether (sulfide) groups is 1. The Hall–Kier alpha value is -0.260. The van der Waals surface area contributed by atoms with Gasteiger partial charge in [-0.15, -0.1) is 0 Å². The molecule has 1 amide bonds. The van der Waals surface area contributed by atoms with Crippen molar-refractivity contribution in [2.45, 2.75) is 26.8 Å². The van der Waals surface area contributed by atoms with E-state index >= 15 is 0 Å². The lowest BCUT2D eigenvalue weighted by Gasteiger charge is -2.34. The van der Waals surface area contributed by atoms with Gasteiger partial charge in [0.1, 0.15) is 0 Å². The normalized spacial score (nSPS) is 20.4. The molecule has 0 radical (unpaired) electrons. The van der Waals surface area contributed by atoms with Gasteiger partial charge >= 0.3 is 0 Å². The summed E-state index contributed by atoms with van der Waals surface area (Å²) in [5.41, 5.74) is 0. The molecule has 1 fully saturated rings. The highest BCUT2D eigenvalue weighted by molar-refractivity contribution is 7.99. The van der Waals surface area contributed by atoms with E-state index in [1.165, 1.54) is 0 Å². The van der Waals surface area contributed by atoms with Gasteiger partial charge < -0.3 is 15.1 Å². The van der Waals surface area contributed by atoms with Crippen molar-refractivity contribution in [3.05, 3.63) is 0 Å². The van der Waals surface area contributed by atoms with Gasteiger partial charge in [0.25, 0.3) is 0 Å². The average molecular weight is 273 g/mol. The van der Waals surface area contributed by atoms with Crippen LogP contribution in [0.15, 0.2) is 0 Å².